The number of amides is 1. The molecule has 6 heteroatoms. The number of ether oxygens (including phenoxy) is 1. The van der Waals surface area contributed by atoms with Gasteiger partial charge in [0.05, 0.1) is 18.5 Å². The Hall–Kier alpha value is -2.60. The third-order valence-corrected chi connectivity index (χ3v) is 4.25. The van der Waals surface area contributed by atoms with Crippen molar-refractivity contribution in [1.82, 2.24) is 4.98 Å². The molecule has 26 heavy (non-hydrogen) atoms. The van der Waals surface area contributed by atoms with Crippen LogP contribution in [0.1, 0.15) is 30.6 Å². The van der Waals surface area contributed by atoms with E-state index in [0.717, 1.165) is 31.1 Å². The SMILES string of the molecule is CC(C)COc1ccc(C(=O)Nc2ccc(N3CCC(N)C3)nc2)cc1. The van der Waals surface area contributed by atoms with E-state index in [-0.39, 0.29) is 11.9 Å². The maximum Gasteiger partial charge on any atom is 0.255 e. The molecule has 6 nitrogen and oxygen atoms in total. The Morgan fingerprint density at radius 2 is 2.08 bits per heavy atom. The number of pyridine rings is 1. The Morgan fingerprint density at radius 3 is 2.65 bits per heavy atom. The first kappa shape index (κ1) is 18.2. The second kappa shape index (κ2) is 8.19. The number of benzene rings is 1. The Bertz CT molecular complexity index is 728. The number of nitrogens with zero attached hydrogens (tertiary/aromatic N) is 2. The number of anilines is 2. The number of nitrogens with one attached hydrogen (secondary N) is 1. The molecule has 2 heterocycles. The molecule has 1 aromatic carbocycles. The lowest BCUT2D eigenvalue weighted by Gasteiger charge is -2.17. The predicted octanol–water partition coefficient (Wildman–Crippen LogP) is 2.91. The Labute approximate surface area is 154 Å². The molecule has 1 aliphatic rings. The fraction of sp³-hybridized carbons (Fsp3) is 0.400. The van der Waals surface area contributed by atoms with Gasteiger partial charge in [-0.25, -0.2) is 4.98 Å². The van der Waals surface area contributed by atoms with Gasteiger partial charge in [-0.15, -0.1) is 0 Å². The van der Waals surface area contributed by atoms with E-state index >= 15 is 0 Å². The van der Waals surface area contributed by atoms with Crippen LogP contribution in [0.4, 0.5) is 11.5 Å². The molecule has 0 bridgehead atoms. The summed E-state index contributed by atoms with van der Waals surface area (Å²) in [5.74, 6) is 1.95. The minimum atomic E-state index is -0.168. The summed E-state index contributed by atoms with van der Waals surface area (Å²) in [6.45, 7) is 6.60. The van der Waals surface area contributed by atoms with Crippen LogP contribution in [0.25, 0.3) is 0 Å². The van der Waals surface area contributed by atoms with Crippen LogP contribution in [-0.2, 0) is 0 Å². The average Bonchev–Trinajstić information content (AvgIpc) is 3.07. The molecule has 1 unspecified atom stereocenters. The molecule has 1 atom stereocenters. The maximum atomic E-state index is 12.4. The van der Waals surface area contributed by atoms with Crippen LogP contribution in [0.15, 0.2) is 42.6 Å². The lowest BCUT2D eigenvalue weighted by Crippen LogP contribution is -2.26. The first-order valence-corrected chi connectivity index (χ1v) is 9.02. The van der Waals surface area contributed by atoms with Gasteiger partial charge in [-0.3, -0.25) is 4.79 Å². The van der Waals surface area contributed by atoms with Crippen LogP contribution in [0, 0.1) is 5.92 Å². The van der Waals surface area contributed by atoms with E-state index in [1.54, 1.807) is 18.3 Å². The molecule has 0 spiro atoms. The van der Waals surface area contributed by atoms with Crippen LogP contribution in [0.5, 0.6) is 5.75 Å². The Morgan fingerprint density at radius 1 is 1.31 bits per heavy atom. The third-order valence-electron chi connectivity index (χ3n) is 4.25. The largest absolute Gasteiger partial charge is 0.493 e. The molecule has 0 radical (unpaired) electrons. The summed E-state index contributed by atoms with van der Waals surface area (Å²) in [6, 6.07) is 11.1. The highest BCUT2D eigenvalue weighted by Crippen LogP contribution is 2.19. The first-order valence-electron chi connectivity index (χ1n) is 9.02. The highest BCUT2D eigenvalue weighted by molar-refractivity contribution is 6.04. The normalized spacial score (nSPS) is 16.8. The standard InChI is InChI=1S/C20H26N4O2/c1-14(2)13-26-18-6-3-15(4-7-18)20(25)23-17-5-8-19(22-11-17)24-10-9-16(21)12-24/h3-8,11,14,16H,9-10,12-13,21H2,1-2H3,(H,23,25). The molecule has 2 aromatic rings. The zero-order chi connectivity index (χ0) is 18.5. The number of hydrogen-bond acceptors (Lipinski definition) is 5. The van der Waals surface area contributed by atoms with Gasteiger partial charge >= 0.3 is 0 Å². The summed E-state index contributed by atoms with van der Waals surface area (Å²) in [4.78, 5) is 19.0. The van der Waals surface area contributed by atoms with Crippen molar-refractivity contribution < 1.29 is 9.53 Å². The Kier molecular flexibility index (Phi) is 5.73. The van der Waals surface area contributed by atoms with Crippen LogP contribution in [-0.4, -0.2) is 36.6 Å². The predicted molar refractivity (Wildman–Crippen MR) is 104 cm³/mol. The molecular formula is C20H26N4O2. The van der Waals surface area contributed by atoms with Crippen LogP contribution < -0.4 is 20.7 Å². The van der Waals surface area contributed by atoms with E-state index < -0.39 is 0 Å². The molecule has 1 aromatic heterocycles. The highest BCUT2D eigenvalue weighted by atomic mass is 16.5. The molecule has 1 amide bonds. The van der Waals surface area contributed by atoms with Crippen molar-refractivity contribution in [2.45, 2.75) is 26.3 Å². The molecular weight excluding hydrogens is 328 g/mol. The summed E-state index contributed by atoms with van der Waals surface area (Å²) in [5, 5.41) is 2.87. The molecule has 1 aliphatic heterocycles. The van der Waals surface area contributed by atoms with Crippen molar-refractivity contribution in [2.24, 2.45) is 11.7 Å². The van der Waals surface area contributed by atoms with Gasteiger partial charge in [0.25, 0.3) is 5.91 Å². The van der Waals surface area contributed by atoms with Crippen molar-refractivity contribution in [1.29, 1.82) is 0 Å². The Balaban J connectivity index is 1.57. The number of hydrogen-bond donors (Lipinski definition) is 2. The van der Waals surface area contributed by atoms with Crippen LogP contribution in [0.2, 0.25) is 0 Å². The summed E-state index contributed by atoms with van der Waals surface area (Å²) in [7, 11) is 0. The smallest absolute Gasteiger partial charge is 0.255 e. The summed E-state index contributed by atoms with van der Waals surface area (Å²) in [5.41, 5.74) is 7.18. The van der Waals surface area contributed by atoms with E-state index in [4.69, 9.17) is 10.5 Å². The van der Waals surface area contributed by atoms with Crippen molar-refractivity contribution in [3.63, 3.8) is 0 Å². The molecule has 3 rings (SSSR count). The van der Waals surface area contributed by atoms with E-state index in [0.29, 0.717) is 23.8 Å². The van der Waals surface area contributed by atoms with Gasteiger partial charge in [0.1, 0.15) is 11.6 Å². The quantitative estimate of drug-likeness (QED) is 0.834. The fourth-order valence-electron chi connectivity index (χ4n) is 2.81. The van der Waals surface area contributed by atoms with Gasteiger partial charge in [0, 0.05) is 24.7 Å². The molecule has 3 N–H and O–H groups in total. The molecule has 1 fully saturated rings. The average molecular weight is 354 g/mol. The monoisotopic (exact) mass is 354 g/mol. The van der Waals surface area contributed by atoms with Crippen LogP contribution in [0.3, 0.4) is 0 Å². The van der Waals surface area contributed by atoms with Crippen molar-refractivity contribution in [3.8, 4) is 5.75 Å². The van der Waals surface area contributed by atoms with Gasteiger partial charge in [0.2, 0.25) is 0 Å². The van der Waals surface area contributed by atoms with Crippen molar-refractivity contribution in [3.05, 3.63) is 48.2 Å². The van der Waals surface area contributed by atoms with E-state index in [9.17, 15) is 4.79 Å². The van der Waals surface area contributed by atoms with Crippen LogP contribution >= 0.6 is 0 Å². The lowest BCUT2D eigenvalue weighted by atomic mass is 10.2. The summed E-state index contributed by atoms with van der Waals surface area (Å²) < 4.78 is 5.63. The van der Waals surface area contributed by atoms with Gasteiger partial charge in [-0.2, -0.15) is 0 Å². The maximum absolute atomic E-state index is 12.4. The van der Waals surface area contributed by atoms with E-state index in [1.165, 1.54) is 0 Å². The number of nitrogens with two attached hydrogens (primary N) is 1. The second-order valence-corrected chi connectivity index (χ2v) is 7.08. The van der Waals surface area contributed by atoms with Gasteiger partial charge in [-0.1, -0.05) is 13.8 Å². The zero-order valence-electron chi connectivity index (χ0n) is 15.3. The number of rotatable bonds is 6. The molecule has 0 saturated carbocycles. The third kappa shape index (κ3) is 4.73. The van der Waals surface area contributed by atoms with E-state index in [1.807, 2.05) is 24.3 Å². The number of carbonyl (C=O) groups is 1. The fourth-order valence-corrected chi connectivity index (χ4v) is 2.81. The highest BCUT2D eigenvalue weighted by Gasteiger charge is 2.20. The number of carbonyl (C=O) groups excluding carboxylic acids is 1. The second-order valence-electron chi connectivity index (χ2n) is 7.08. The summed E-state index contributed by atoms with van der Waals surface area (Å²) >= 11 is 0. The van der Waals surface area contributed by atoms with Gasteiger partial charge < -0.3 is 20.7 Å². The minimum absolute atomic E-state index is 0.168. The lowest BCUT2D eigenvalue weighted by molar-refractivity contribution is 0.102. The molecule has 138 valence electrons. The van der Waals surface area contributed by atoms with Gasteiger partial charge in [0.15, 0.2) is 0 Å². The zero-order valence-corrected chi connectivity index (χ0v) is 15.3. The summed E-state index contributed by atoms with van der Waals surface area (Å²) in [6.07, 6.45) is 2.66. The minimum Gasteiger partial charge on any atom is -0.493 e. The topological polar surface area (TPSA) is 80.5 Å². The van der Waals surface area contributed by atoms with E-state index in [2.05, 4.69) is 29.0 Å². The number of aromatic nitrogens is 1. The van der Waals surface area contributed by atoms with Gasteiger partial charge in [-0.05, 0) is 48.7 Å². The molecule has 1 saturated heterocycles. The first-order chi connectivity index (χ1) is 12.5. The van der Waals surface area contributed by atoms with Crippen molar-refractivity contribution >= 4 is 17.4 Å². The van der Waals surface area contributed by atoms with Crippen molar-refractivity contribution in [2.75, 3.05) is 29.9 Å². The molecule has 0 aliphatic carbocycles.